The van der Waals surface area contributed by atoms with Gasteiger partial charge >= 0.3 is 17.9 Å². The van der Waals surface area contributed by atoms with Crippen LogP contribution in [0.4, 0.5) is 0 Å². The Morgan fingerprint density at radius 1 is 0.215 bits per heavy atom. The van der Waals surface area contributed by atoms with Crippen LogP contribution in [0.3, 0.4) is 0 Å². The Hall–Kier alpha value is -20.8. The minimum atomic E-state index is -2.03. The molecule has 107 heavy (non-hydrogen) atoms. The highest BCUT2D eigenvalue weighted by atomic mass is 16.6. The lowest BCUT2D eigenvalue weighted by Crippen LogP contribution is -2.66. The number of ether oxygens (including phenoxy) is 3. The van der Waals surface area contributed by atoms with Gasteiger partial charge in [0.15, 0.2) is 16.8 Å². The topological polar surface area (TPSA) is 78.9 Å². The van der Waals surface area contributed by atoms with E-state index in [-0.39, 0.29) is 0 Å². The molecule has 0 aliphatic rings. The van der Waals surface area contributed by atoms with Crippen LogP contribution in [0.25, 0.3) is 0 Å². The second kappa shape index (κ2) is 65.2. The molecule has 0 saturated carbocycles. The molecule has 6 nitrogen and oxygen atoms in total. The molecule has 0 aliphatic heterocycles. The Morgan fingerprint density at radius 3 is 0.533 bits per heavy atom. The predicted molar refractivity (Wildman–Crippen MR) is 408 cm³/mol. The van der Waals surface area contributed by atoms with Crippen molar-refractivity contribution < 1.29 is 28.6 Å². The largest absolute Gasteiger partial charge is 0.446 e. The molecule has 6 heteroatoms. The molecular formula is C101H21O6-3. The quantitative estimate of drug-likeness (QED) is 0.138. The van der Waals surface area contributed by atoms with Crippen molar-refractivity contribution in [1.29, 1.82) is 0 Å². The van der Waals surface area contributed by atoms with E-state index in [9.17, 15) is 14.4 Å². The Bertz CT molecular complexity index is 6510. The molecule has 0 radical (unpaired) electrons. The lowest BCUT2D eigenvalue weighted by atomic mass is 9.74. The molecule has 0 saturated heterocycles. The lowest BCUT2D eigenvalue weighted by Gasteiger charge is -2.49. The van der Waals surface area contributed by atoms with Crippen molar-refractivity contribution in [1.82, 2.24) is 0 Å². The third kappa shape index (κ3) is 56.4. The molecule has 0 fully saturated rings. The Morgan fingerprint density at radius 2 is 0.364 bits per heavy atom. The van der Waals surface area contributed by atoms with E-state index in [4.69, 9.17) is 33.5 Å². The van der Waals surface area contributed by atoms with Crippen LogP contribution in [0.2, 0.25) is 0 Å². The van der Waals surface area contributed by atoms with Gasteiger partial charge in [-0.2, -0.15) is 17.8 Å². The number of carbonyl (C=O) groups is 3. The van der Waals surface area contributed by atoms with Gasteiger partial charge in [-0.05, 0) is 337 Å². The van der Waals surface area contributed by atoms with Gasteiger partial charge in [-0.25, -0.2) is 49.9 Å². The molecule has 0 bridgehead atoms. The molecule has 0 aromatic rings. The number of carbonyl (C=O) groups excluding carboxylic acids is 3. The average molecular weight is 1330 g/mol. The van der Waals surface area contributed by atoms with Crippen LogP contribution in [0.15, 0.2) is 18.2 Å². The molecule has 0 aromatic heterocycles. The normalized spacial score (nSPS) is 6.67. The summed E-state index contributed by atoms with van der Waals surface area (Å²) in [6.07, 6.45) is 26.3. The second-order valence-corrected chi connectivity index (χ2v) is 16.3. The van der Waals surface area contributed by atoms with Crippen molar-refractivity contribution in [3.63, 3.8) is 0 Å². The van der Waals surface area contributed by atoms with Gasteiger partial charge in [-0.3, -0.25) is 0 Å². The number of hydrogen-bond acceptors (Lipinski definition) is 6. The molecular weight excluding hydrogens is 1310 g/mol. The van der Waals surface area contributed by atoms with E-state index in [1.165, 1.54) is 52.8 Å². The summed E-state index contributed by atoms with van der Waals surface area (Å²) in [5.74, 6) is 194. The molecule has 0 spiro atoms. The number of esters is 3. The van der Waals surface area contributed by atoms with Crippen LogP contribution in [0, 0.1) is 517 Å². The third-order valence-corrected chi connectivity index (χ3v) is 8.99. The maximum atomic E-state index is 13.3. The molecule has 0 N–H and O–H groups in total. The van der Waals surface area contributed by atoms with Gasteiger partial charge in [0.2, 0.25) is 0 Å². The van der Waals surface area contributed by atoms with Crippen LogP contribution in [0.1, 0.15) is 34.6 Å². The molecule has 464 valence electrons. The molecule has 0 unspecified atom stereocenters. The maximum absolute atomic E-state index is 13.3. The van der Waals surface area contributed by atoms with Crippen molar-refractivity contribution in [3.05, 3.63) is 36.5 Å². The molecule has 0 aliphatic carbocycles. The summed E-state index contributed by atoms with van der Waals surface area (Å²) in [6.45, 7) is 6.84. The average Bonchev–Trinajstić information content (AvgIpc) is 0.752. The zero-order valence-electron chi connectivity index (χ0n) is 55.9. The minimum Gasteiger partial charge on any atom is -0.446 e. The van der Waals surface area contributed by atoms with Crippen LogP contribution < -0.4 is 0 Å². The Kier molecular flexibility index (Phi) is 52.5. The zero-order chi connectivity index (χ0) is 77.9. The first kappa shape index (κ1) is 86.2. The van der Waals surface area contributed by atoms with Crippen LogP contribution >= 0.6 is 0 Å². The highest BCUT2D eigenvalue weighted by Crippen LogP contribution is 2.41. The van der Waals surface area contributed by atoms with Gasteiger partial charge in [-0.1, -0.05) is 35.5 Å². The summed E-state index contributed by atoms with van der Waals surface area (Å²) >= 11 is 0. The van der Waals surface area contributed by atoms with Gasteiger partial charge in [-0.15, -0.1) is 55.7 Å². The highest BCUT2D eigenvalue weighted by molar-refractivity contribution is 5.91. The van der Waals surface area contributed by atoms with E-state index in [1.807, 2.05) is 0 Å². The lowest BCUT2D eigenvalue weighted by molar-refractivity contribution is -0.245. The number of hydrogen-bond donors (Lipinski definition) is 0. The van der Waals surface area contributed by atoms with Gasteiger partial charge in [0.25, 0.3) is 0 Å². The summed E-state index contributed by atoms with van der Waals surface area (Å²) in [5.41, 5.74) is -5.69. The highest BCUT2D eigenvalue weighted by Gasteiger charge is 2.60. The van der Waals surface area contributed by atoms with Crippen molar-refractivity contribution in [3.8, 4) is 499 Å². The van der Waals surface area contributed by atoms with Crippen molar-refractivity contribution in [2.45, 2.75) is 51.4 Å². The second-order valence-electron chi connectivity index (χ2n) is 16.3. The first-order chi connectivity index (χ1) is 52.4. The summed E-state index contributed by atoms with van der Waals surface area (Å²) in [6, 6.07) is 0. The minimum absolute atomic E-state index is 1.11. The number of rotatable bonds is 5. The fourth-order valence-electron chi connectivity index (χ4n) is 4.66. The molecule has 0 aromatic carbocycles. The maximum Gasteiger partial charge on any atom is 0.386 e. The fraction of sp³-hybridized carbons (Fsp3) is 0.0792. The number of allylic oxidation sites excluding steroid dienone is 6. The van der Waals surface area contributed by atoms with E-state index >= 15 is 0 Å². The zero-order valence-corrected chi connectivity index (χ0v) is 55.9. The van der Waals surface area contributed by atoms with Crippen LogP contribution in [-0.4, -0.2) is 34.7 Å². The van der Waals surface area contributed by atoms with Crippen LogP contribution in [0.5, 0.6) is 0 Å². The summed E-state index contributed by atoms with van der Waals surface area (Å²) in [4.78, 5) is 39.6. The van der Waals surface area contributed by atoms with Crippen LogP contribution in [-0.2, 0) is 28.6 Å². The summed E-state index contributed by atoms with van der Waals surface area (Å²) in [7, 11) is 0. The van der Waals surface area contributed by atoms with Crippen molar-refractivity contribution in [2.24, 2.45) is 0 Å². The predicted octanol–water partition coefficient (Wildman–Crippen LogP) is 2.04. The van der Waals surface area contributed by atoms with Crippen molar-refractivity contribution in [2.75, 3.05) is 0 Å². The van der Waals surface area contributed by atoms with E-state index in [2.05, 4.69) is 498 Å². The fourth-order valence-corrected chi connectivity index (χ4v) is 4.66. The Balaban J connectivity index is 6.27. The first-order valence-corrected chi connectivity index (χ1v) is 27.7. The standard InChI is InChI=1S/C101H21O6/c1-9-12-15-18-21-24-27-30-33-36-39-42-45-48-51-54-57-60-63-66-69-72-75-78-81-84-87-90-93-96(102)105-99(4,5)101(8,107-98(104)95-92-89-86-83-80-77-74-71-68-65-62-59-56-53-50-47-44-41-38-35-32-29-26-23-20-17-14-11-3)100(6,7)106-97(103)94-91-88-85-82-79-76-73-70-67-64-61-58-55-52-49-46-43-40-37-34-31-28-25-22-19-16-13-10-2/h1-3,81-83H,4-8H3/q-3. The van der Waals surface area contributed by atoms with E-state index in [1.54, 1.807) is 0 Å². The molecule has 0 amide bonds. The summed E-state index contributed by atoms with van der Waals surface area (Å²) < 4.78 is 17.2. The first-order valence-electron chi connectivity index (χ1n) is 27.7. The van der Waals surface area contributed by atoms with E-state index in [0.717, 1.165) is 0 Å². The van der Waals surface area contributed by atoms with Gasteiger partial charge in [0.05, 0.1) is 0 Å². The smallest absolute Gasteiger partial charge is 0.386 e. The van der Waals surface area contributed by atoms with Gasteiger partial charge < -0.3 is 14.2 Å². The molecule has 0 atom stereocenters. The molecule has 0 rings (SSSR count). The Labute approximate surface area is 629 Å². The SMILES string of the molecule is C#CC#CC#CC#CC#CC#CC#CC#CC#CC#CC#CC#C[C-]=CC#CC#CC(=O)OC(C)(C)C(C)(OC(=O)C#CC#CC=[C-]C#CC#CC#CC#CC#CC#CC#CC#CC#CC#CC#CC#C)C(C)(C)OC(=O)C#CC#CC=[C-]C#CC#CC#CC#CC#CC#CC#CC#CC#CC#CC#CC#C. The molecule has 0 heterocycles. The monoisotopic (exact) mass is 1330 g/mol. The van der Waals surface area contributed by atoms with Gasteiger partial charge in [0.1, 0.15) is 0 Å². The third-order valence-electron chi connectivity index (χ3n) is 8.99. The van der Waals surface area contributed by atoms with E-state index < -0.39 is 34.7 Å². The summed E-state index contributed by atoms with van der Waals surface area (Å²) in [5, 5.41) is 0. The van der Waals surface area contributed by atoms with E-state index in [0.29, 0.717) is 0 Å². The number of terminal acetylenes is 3. The van der Waals surface area contributed by atoms with Gasteiger partial charge in [0, 0.05) is 88.8 Å². The van der Waals surface area contributed by atoms with Crippen molar-refractivity contribution >= 4 is 17.9 Å².